The second-order valence-electron chi connectivity index (χ2n) is 5.09. The third-order valence-electron chi connectivity index (χ3n) is 2.67. The molecule has 0 saturated heterocycles. The first-order valence-corrected chi connectivity index (χ1v) is 5.96. The van der Waals surface area contributed by atoms with Gasteiger partial charge in [0.25, 0.3) is 0 Å². The summed E-state index contributed by atoms with van der Waals surface area (Å²) in [5, 5.41) is 0. The van der Waals surface area contributed by atoms with Gasteiger partial charge in [-0.1, -0.05) is 13.3 Å². The Morgan fingerprint density at radius 1 is 1.44 bits per heavy atom. The molecule has 3 nitrogen and oxygen atoms in total. The summed E-state index contributed by atoms with van der Waals surface area (Å²) in [6.45, 7) is 7.96. The van der Waals surface area contributed by atoms with Crippen molar-refractivity contribution >= 4 is 0 Å². The quantitative estimate of drug-likeness (QED) is 0.807. The highest BCUT2D eigenvalue weighted by Crippen LogP contribution is 2.13. The monoisotopic (exact) mass is 224 g/mol. The van der Waals surface area contributed by atoms with Gasteiger partial charge in [0.1, 0.15) is 11.5 Å². The summed E-state index contributed by atoms with van der Waals surface area (Å²) < 4.78 is 5.55. The van der Waals surface area contributed by atoms with Gasteiger partial charge in [-0.05, 0) is 39.4 Å². The number of rotatable bonds is 6. The zero-order valence-corrected chi connectivity index (χ0v) is 10.9. The summed E-state index contributed by atoms with van der Waals surface area (Å²) in [5.41, 5.74) is 6.11. The van der Waals surface area contributed by atoms with Gasteiger partial charge >= 0.3 is 0 Å². The Morgan fingerprint density at radius 3 is 2.62 bits per heavy atom. The zero-order valence-electron chi connectivity index (χ0n) is 10.9. The van der Waals surface area contributed by atoms with E-state index in [1.54, 1.807) is 0 Å². The molecule has 1 rings (SSSR count). The van der Waals surface area contributed by atoms with E-state index in [2.05, 4.69) is 25.8 Å². The lowest BCUT2D eigenvalue weighted by Crippen LogP contribution is -2.46. The molecule has 0 aromatic carbocycles. The van der Waals surface area contributed by atoms with Gasteiger partial charge in [-0.25, -0.2) is 0 Å². The number of likely N-dealkylation sites (N-methyl/N-ethyl adjacent to an activating group) is 1. The first-order valence-electron chi connectivity index (χ1n) is 5.96. The molecule has 1 unspecified atom stereocenters. The molecule has 0 spiro atoms. The van der Waals surface area contributed by atoms with Crippen molar-refractivity contribution in [3.8, 4) is 0 Å². The smallest absolute Gasteiger partial charge is 0.118 e. The van der Waals surface area contributed by atoms with E-state index in [1.807, 2.05) is 19.1 Å². The van der Waals surface area contributed by atoms with Crippen LogP contribution in [0.3, 0.4) is 0 Å². The minimum Gasteiger partial charge on any atom is -0.465 e. The first-order chi connectivity index (χ1) is 7.43. The molecule has 3 heteroatoms. The van der Waals surface area contributed by atoms with E-state index < -0.39 is 0 Å². The van der Waals surface area contributed by atoms with Crippen LogP contribution in [0, 0.1) is 6.92 Å². The van der Waals surface area contributed by atoms with Crippen LogP contribution in [0.4, 0.5) is 0 Å². The van der Waals surface area contributed by atoms with Crippen LogP contribution < -0.4 is 5.73 Å². The third kappa shape index (κ3) is 4.37. The van der Waals surface area contributed by atoms with Gasteiger partial charge in [0.05, 0.1) is 6.54 Å². The average Bonchev–Trinajstić information content (AvgIpc) is 2.49. The Morgan fingerprint density at radius 2 is 2.12 bits per heavy atom. The molecule has 0 aliphatic heterocycles. The van der Waals surface area contributed by atoms with E-state index in [0.717, 1.165) is 37.5 Å². The average molecular weight is 224 g/mol. The maximum Gasteiger partial charge on any atom is 0.118 e. The van der Waals surface area contributed by atoms with Crippen molar-refractivity contribution in [2.24, 2.45) is 5.73 Å². The fourth-order valence-electron chi connectivity index (χ4n) is 2.16. The summed E-state index contributed by atoms with van der Waals surface area (Å²) >= 11 is 0. The van der Waals surface area contributed by atoms with E-state index in [4.69, 9.17) is 10.2 Å². The summed E-state index contributed by atoms with van der Waals surface area (Å²) in [7, 11) is 2.08. The summed E-state index contributed by atoms with van der Waals surface area (Å²) in [6.07, 6.45) is 2.18. The molecule has 0 fully saturated rings. The molecule has 1 aromatic heterocycles. The van der Waals surface area contributed by atoms with Crippen LogP contribution >= 0.6 is 0 Å². The van der Waals surface area contributed by atoms with Crippen LogP contribution in [0.25, 0.3) is 0 Å². The topological polar surface area (TPSA) is 42.4 Å². The predicted molar refractivity (Wildman–Crippen MR) is 67.3 cm³/mol. The number of hydrogen-bond donors (Lipinski definition) is 1. The summed E-state index contributed by atoms with van der Waals surface area (Å²) in [5.74, 6) is 1.97. The summed E-state index contributed by atoms with van der Waals surface area (Å²) in [6, 6.07) is 4.02. The minimum absolute atomic E-state index is 0.106. The van der Waals surface area contributed by atoms with Crippen molar-refractivity contribution in [2.75, 3.05) is 13.6 Å². The molecule has 0 aliphatic carbocycles. The van der Waals surface area contributed by atoms with E-state index in [-0.39, 0.29) is 5.54 Å². The van der Waals surface area contributed by atoms with Gasteiger partial charge in [0.15, 0.2) is 0 Å². The predicted octanol–water partition coefficient (Wildman–Crippen LogP) is 2.54. The van der Waals surface area contributed by atoms with E-state index in [1.165, 1.54) is 0 Å². The number of furan rings is 1. The molecular weight excluding hydrogens is 200 g/mol. The van der Waals surface area contributed by atoms with Gasteiger partial charge < -0.3 is 10.2 Å². The Kier molecular flexibility index (Phi) is 4.56. The highest BCUT2D eigenvalue weighted by molar-refractivity contribution is 5.05. The number of nitrogens with zero attached hydrogens (tertiary/aromatic N) is 1. The fourth-order valence-corrected chi connectivity index (χ4v) is 2.16. The molecular formula is C13H24N2O. The molecule has 0 amide bonds. The van der Waals surface area contributed by atoms with Gasteiger partial charge in [-0.15, -0.1) is 0 Å². The normalized spacial score (nSPS) is 15.4. The Bertz CT molecular complexity index is 317. The summed E-state index contributed by atoms with van der Waals surface area (Å²) in [4.78, 5) is 2.22. The first kappa shape index (κ1) is 13.3. The van der Waals surface area contributed by atoms with Crippen LogP contribution in [0.1, 0.15) is 38.2 Å². The van der Waals surface area contributed by atoms with Crippen LogP contribution in [0.5, 0.6) is 0 Å². The lowest BCUT2D eigenvalue weighted by Gasteiger charge is -2.29. The largest absolute Gasteiger partial charge is 0.465 e. The Balaban J connectivity index is 2.44. The Labute approximate surface area is 98.6 Å². The fraction of sp³-hybridized carbons (Fsp3) is 0.692. The van der Waals surface area contributed by atoms with E-state index in [9.17, 15) is 0 Å². The number of nitrogens with two attached hydrogens (primary N) is 1. The second kappa shape index (κ2) is 5.51. The second-order valence-corrected chi connectivity index (χ2v) is 5.09. The van der Waals surface area contributed by atoms with Crippen LogP contribution in [-0.4, -0.2) is 24.0 Å². The maximum atomic E-state index is 6.21. The van der Waals surface area contributed by atoms with Crippen LogP contribution in [0.2, 0.25) is 0 Å². The van der Waals surface area contributed by atoms with E-state index in [0.29, 0.717) is 0 Å². The van der Waals surface area contributed by atoms with Crippen LogP contribution in [-0.2, 0) is 6.54 Å². The molecule has 0 radical (unpaired) electrons. The van der Waals surface area contributed by atoms with Crippen LogP contribution in [0.15, 0.2) is 16.5 Å². The van der Waals surface area contributed by atoms with Gasteiger partial charge in [0.2, 0.25) is 0 Å². The van der Waals surface area contributed by atoms with Gasteiger partial charge in [0, 0.05) is 12.1 Å². The minimum atomic E-state index is -0.106. The van der Waals surface area contributed by atoms with Crippen molar-refractivity contribution < 1.29 is 4.42 Å². The molecule has 0 bridgehead atoms. The standard InChI is InChI=1S/C13H24N2O/c1-5-8-13(3,14)10-15(4)9-12-7-6-11(2)16-12/h6-7H,5,8-10,14H2,1-4H3. The molecule has 1 heterocycles. The highest BCUT2D eigenvalue weighted by atomic mass is 16.3. The molecule has 2 N–H and O–H groups in total. The lowest BCUT2D eigenvalue weighted by molar-refractivity contribution is 0.225. The van der Waals surface area contributed by atoms with Gasteiger partial charge in [-0.3, -0.25) is 4.90 Å². The van der Waals surface area contributed by atoms with Gasteiger partial charge in [-0.2, -0.15) is 0 Å². The lowest BCUT2D eigenvalue weighted by atomic mass is 9.97. The molecule has 1 aromatic rings. The van der Waals surface area contributed by atoms with Crippen molar-refractivity contribution in [1.82, 2.24) is 4.90 Å². The van der Waals surface area contributed by atoms with Crippen molar-refractivity contribution in [3.05, 3.63) is 23.7 Å². The van der Waals surface area contributed by atoms with Crippen molar-refractivity contribution in [1.29, 1.82) is 0 Å². The highest BCUT2D eigenvalue weighted by Gasteiger charge is 2.19. The van der Waals surface area contributed by atoms with Crippen molar-refractivity contribution in [3.63, 3.8) is 0 Å². The Hall–Kier alpha value is -0.800. The molecule has 1 atom stereocenters. The van der Waals surface area contributed by atoms with Crippen molar-refractivity contribution in [2.45, 2.75) is 45.7 Å². The maximum absolute atomic E-state index is 6.21. The number of aryl methyl sites for hydroxylation is 1. The zero-order chi connectivity index (χ0) is 12.2. The SMILES string of the molecule is CCCC(C)(N)CN(C)Cc1ccc(C)o1. The molecule has 92 valence electrons. The molecule has 0 saturated carbocycles. The molecule has 0 aliphatic rings. The molecule has 16 heavy (non-hydrogen) atoms. The number of hydrogen-bond acceptors (Lipinski definition) is 3. The third-order valence-corrected chi connectivity index (χ3v) is 2.67. The van der Waals surface area contributed by atoms with E-state index >= 15 is 0 Å².